The molecule has 1 rings (SSSR count). The third kappa shape index (κ3) is 3.18. The second-order valence-corrected chi connectivity index (χ2v) is 3.42. The smallest absolute Gasteiger partial charge is 0.352 e. The van der Waals surface area contributed by atoms with E-state index >= 15 is 0 Å². The molecular weight excluding hydrogens is 238 g/mol. The van der Waals surface area contributed by atoms with E-state index < -0.39 is 29.0 Å². The van der Waals surface area contributed by atoms with Crippen molar-refractivity contribution in [2.24, 2.45) is 0 Å². The fraction of sp³-hybridized carbons (Fsp3) is 0.364. The average Bonchev–Trinajstić information content (AvgIpc) is 2.24. The number of hydrogen-bond acceptors (Lipinski definition) is 1. The molecule has 1 amide bonds. The predicted molar refractivity (Wildman–Crippen MR) is 54.0 cm³/mol. The molecule has 0 bridgehead atoms. The van der Waals surface area contributed by atoms with Crippen LogP contribution in [0, 0.1) is 5.82 Å². The number of carbonyl (C=O) groups is 1. The maximum absolute atomic E-state index is 13.5. The van der Waals surface area contributed by atoms with Gasteiger partial charge in [-0.2, -0.15) is 13.2 Å². The predicted octanol–water partition coefficient (Wildman–Crippen LogP) is 2.98. The van der Waals surface area contributed by atoms with Crippen LogP contribution in [0.5, 0.6) is 0 Å². The first-order valence-corrected chi connectivity index (χ1v) is 5.01. The Balaban J connectivity index is 3.06. The Kier molecular flexibility index (Phi) is 4.09. The standard InChI is InChI=1S/C11H11F4NO/c1-2-6-16-10(17)7-4-3-5-8(9(7)12)11(13,14)15/h3-5H,2,6H2,1H3,(H,16,17). The highest BCUT2D eigenvalue weighted by Crippen LogP contribution is 2.32. The fourth-order valence-electron chi connectivity index (χ4n) is 1.26. The Bertz CT molecular complexity index is 414. The lowest BCUT2D eigenvalue weighted by atomic mass is 10.1. The van der Waals surface area contributed by atoms with Crippen LogP contribution in [-0.2, 0) is 6.18 Å². The molecule has 0 aliphatic carbocycles. The van der Waals surface area contributed by atoms with Crippen molar-refractivity contribution in [3.63, 3.8) is 0 Å². The summed E-state index contributed by atoms with van der Waals surface area (Å²) in [6.45, 7) is 2.07. The molecule has 2 nitrogen and oxygen atoms in total. The lowest BCUT2D eigenvalue weighted by molar-refractivity contribution is -0.140. The summed E-state index contributed by atoms with van der Waals surface area (Å²) in [5.41, 5.74) is -2.02. The van der Waals surface area contributed by atoms with Crippen LogP contribution in [0.1, 0.15) is 29.3 Å². The molecular formula is C11H11F4NO. The largest absolute Gasteiger partial charge is 0.419 e. The van der Waals surface area contributed by atoms with Crippen molar-refractivity contribution in [3.05, 3.63) is 35.1 Å². The Morgan fingerprint density at radius 2 is 2.00 bits per heavy atom. The molecule has 0 aliphatic heterocycles. The van der Waals surface area contributed by atoms with Gasteiger partial charge in [-0.1, -0.05) is 13.0 Å². The molecule has 0 aliphatic rings. The molecule has 0 saturated heterocycles. The minimum absolute atomic E-state index is 0.286. The van der Waals surface area contributed by atoms with Crippen LogP contribution in [0.25, 0.3) is 0 Å². The van der Waals surface area contributed by atoms with E-state index in [0.29, 0.717) is 12.5 Å². The minimum atomic E-state index is -4.80. The minimum Gasteiger partial charge on any atom is -0.352 e. The first kappa shape index (κ1) is 13.5. The van der Waals surface area contributed by atoms with Gasteiger partial charge in [0.2, 0.25) is 0 Å². The number of nitrogens with one attached hydrogen (secondary N) is 1. The van der Waals surface area contributed by atoms with Gasteiger partial charge in [-0.05, 0) is 18.6 Å². The molecule has 1 aromatic carbocycles. The van der Waals surface area contributed by atoms with Crippen LogP contribution in [-0.4, -0.2) is 12.5 Å². The van der Waals surface area contributed by atoms with Gasteiger partial charge in [0, 0.05) is 6.54 Å². The van der Waals surface area contributed by atoms with Gasteiger partial charge in [0.1, 0.15) is 5.82 Å². The molecule has 0 atom stereocenters. The van der Waals surface area contributed by atoms with E-state index in [4.69, 9.17) is 0 Å². The van der Waals surface area contributed by atoms with Crippen molar-refractivity contribution in [2.75, 3.05) is 6.54 Å². The number of carbonyl (C=O) groups excluding carboxylic acids is 1. The van der Waals surface area contributed by atoms with Crippen molar-refractivity contribution in [2.45, 2.75) is 19.5 Å². The molecule has 0 fully saturated rings. The van der Waals surface area contributed by atoms with Crippen LogP contribution in [0.4, 0.5) is 17.6 Å². The van der Waals surface area contributed by atoms with Gasteiger partial charge in [-0.25, -0.2) is 4.39 Å². The fourth-order valence-corrected chi connectivity index (χ4v) is 1.26. The van der Waals surface area contributed by atoms with E-state index in [9.17, 15) is 22.4 Å². The summed E-state index contributed by atoms with van der Waals surface area (Å²) in [5.74, 6) is -2.37. The topological polar surface area (TPSA) is 29.1 Å². The lowest BCUT2D eigenvalue weighted by Gasteiger charge is -2.10. The number of rotatable bonds is 3. The monoisotopic (exact) mass is 249 g/mol. The number of halogens is 4. The van der Waals surface area contributed by atoms with Gasteiger partial charge < -0.3 is 5.32 Å². The molecule has 1 N–H and O–H groups in total. The van der Waals surface area contributed by atoms with Gasteiger partial charge in [0.05, 0.1) is 11.1 Å². The van der Waals surface area contributed by atoms with Crippen molar-refractivity contribution in [1.29, 1.82) is 0 Å². The maximum atomic E-state index is 13.5. The zero-order valence-corrected chi connectivity index (χ0v) is 9.07. The highest BCUT2D eigenvalue weighted by molar-refractivity contribution is 5.94. The molecule has 17 heavy (non-hydrogen) atoms. The summed E-state index contributed by atoms with van der Waals surface area (Å²) < 4.78 is 50.6. The first-order chi connectivity index (χ1) is 7.88. The highest BCUT2D eigenvalue weighted by atomic mass is 19.4. The molecule has 94 valence electrons. The van der Waals surface area contributed by atoms with Gasteiger partial charge in [-0.3, -0.25) is 4.79 Å². The Hall–Kier alpha value is -1.59. The van der Waals surface area contributed by atoms with Crippen LogP contribution in [0.2, 0.25) is 0 Å². The zero-order valence-electron chi connectivity index (χ0n) is 9.07. The molecule has 0 aromatic heterocycles. The normalized spacial score (nSPS) is 11.4. The number of benzene rings is 1. The Morgan fingerprint density at radius 3 is 2.53 bits per heavy atom. The van der Waals surface area contributed by atoms with Crippen LogP contribution in [0.15, 0.2) is 18.2 Å². The van der Waals surface area contributed by atoms with E-state index in [1.165, 1.54) is 0 Å². The van der Waals surface area contributed by atoms with Crippen molar-refractivity contribution in [1.82, 2.24) is 5.32 Å². The first-order valence-electron chi connectivity index (χ1n) is 5.01. The quantitative estimate of drug-likeness (QED) is 0.820. The van der Waals surface area contributed by atoms with Crippen LogP contribution < -0.4 is 5.32 Å². The molecule has 0 heterocycles. The molecule has 0 spiro atoms. The molecule has 0 radical (unpaired) electrons. The second kappa shape index (κ2) is 5.16. The zero-order chi connectivity index (χ0) is 13.1. The number of amides is 1. The summed E-state index contributed by atoms with van der Waals surface area (Å²) in [4.78, 5) is 11.4. The van der Waals surface area contributed by atoms with Crippen molar-refractivity contribution in [3.8, 4) is 0 Å². The Labute approximate surface area is 95.6 Å². The van der Waals surface area contributed by atoms with Crippen molar-refractivity contribution >= 4 is 5.91 Å². The SMILES string of the molecule is CCCNC(=O)c1cccc(C(F)(F)F)c1F. The third-order valence-electron chi connectivity index (χ3n) is 2.08. The third-order valence-corrected chi connectivity index (χ3v) is 2.08. The summed E-state index contributed by atoms with van der Waals surface area (Å²) in [6.07, 6.45) is -4.18. The number of hydrogen-bond donors (Lipinski definition) is 1. The summed E-state index contributed by atoms with van der Waals surface area (Å²) in [6, 6.07) is 2.63. The second-order valence-electron chi connectivity index (χ2n) is 3.42. The van der Waals surface area contributed by atoms with Gasteiger partial charge in [-0.15, -0.1) is 0 Å². The van der Waals surface area contributed by atoms with E-state index in [0.717, 1.165) is 12.1 Å². The van der Waals surface area contributed by atoms with Crippen molar-refractivity contribution < 1.29 is 22.4 Å². The Morgan fingerprint density at radius 1 is 1.35 bits per heavy atom. The van der Waals surface area contributed by atoms with E-state index in [1.807, 2.05) is 0 Å². The summed E-state index contributed by atoms with van der Waals surface area (Å²) in [7, 11) is 0. The average molecular weight is 249 g/mol. The summed E-state index contributed by atoms with van der Waals surface area (Å²) >= 11 is 0. The number of alkyl halides is 3. The van der Waals surface area contributed by atoms with Gasteiger partial charge >= 0.3 is 6.18 Å². The van der Waals surface area contributed by atoms with Gasteiger partial charge in [0.25, 0.3) is 5.91 Å². The van der Waals surface area contributed by atoms with Crippen LogP contribution >= 0.6 is 0 Å². The molecule has 0 saturated carbocycles. The highest BCUT2D eigenvalue weighted by Gasteiger charge is 2.35. The lowest BCUT2D eigenvalue weighted by Crippen LogP contribution is -2.26. The van der Waals surface area contributed by atoms with Crippen LogP contribution in [0.3, 0.4) is 0 Å². The molecule has 6 heteroatoms. The van der Waals surface area contributed by atoms with Gasteiger partial charge in [0.15, 0.2) is 0 Å². The maximum Gasteiger partial charge on any atom is 0.419 e. The van der Waals surface area contributed by atoms with E-state index in [1.54, 1.807) is 6.92 Å². The molecule has 1 aromatic rings. The molecule has 0 unspecified atom stereocenters. The van der Waals surface area contributed by atoms with E-state index in [-0.39, 0.29) is 6.54 Å². The summed E-state index contributed by atoms with van der Waals surface area (Å²) in [5, 5.41) is 2.32. The van der Waals surface area contributed by atoms with E-state index in [2.05, 4.69) is 5.32 Å².